The minimum absolute atomic E-state index is 0.164. The zero-order valence-electron chi connectivity index (χ0n) is 14.6. The van der Waals surface area contributed by atoms with E-state index in [0.29, 0.717) is 18.1 Å². The van der Waals surface area contributed by atoms with E-state index in [4.69, 9.17) is 9.47 Å². The van der Waals surface area contributed by atoms with Crippen LogP contribution in [-0.4, -0.2) is 30.8 Å². The molecule has 0 fully saturated rings. The number of ether oxygens (including phenoxy) is 2. The number of esters is 1. The van der Waals surface area contributed by atoms with Gasteiger partial charge in [-0.15, -0.1) is 0 Å². The topological polar surface area (TPSA) is 77.0 Å². The molecule has 1 N–H and O–H groups in total. The van der Waals surface area contributed by atoms with E-state index in [-0.39, 0.29) is 12.6 Å². The van der Waals surface area contributed by atoms with Crippen molar-refractivity contribution in [3.63, 3.8) is 0 Å². The van der Waals surface area contributed by atoms with Gasteiger partial charge in [-0.25, -0.2) is 5.43 Å². The quantitative estimate of drug-likeness (QED) is 0.477. The molecule has 0 spiro atoms. The first-order valence-corrected chi connectivity index (χ1v) is 8.12. The third-order valence-electron chi connectivity index (χ3n) is 3.71. The van der Waals surface area contributed by atoms with Crippen LogP contribution in [0.15, 0.2) is 47.6 Å². The van der Waals surface area contributed by atoms with Gasteiger partial charge in [-0.3, -0.25) is 9.59 Å². The standard InChI is InChI=1S/C19H22N2O4/c1-4-24-19(23)13(2)14(3)20-21-18(22)12-25-17-10-9-15-7-5-6-8-16(15)11-17/h5-11,13H,4,12H2,1-3H3,(H,21,22)/t13-/m1/s1. The molecule has 0 aliphatic carbocycles. The number of fused-ring (bicyclic) bond motifs is 1. The number of carbonyl (C=O) groups is 2. The molecule has 2 rings (SSSR count). The van der Waals surface area contributed by atoms with E-state index in [1.165, 1.54) is 0 Å². The van der Waals surface area contributed by atoms with Gasteiger partial charge in [0.25, 0.3) is 5.91 Å². The van der Waals surface area contributed by atoms with Gasteiger partial charge in [0.15, 0.2) is 6.61 Å². The van der Waals surface area contributed by atoms with Crippen molar-refractivity contribution in [2.24, 2.45) is 11.0 Å². The molecule has 0 saturated heterocycles. The highest BCUT2D eigenvalue weighted by molar-refractivity contribution is 6.00. The van der Waals surface area contributed by atoms with E-state index in [2.05, 4.69) is 10.5 Å². The van der Waals surface area contributed by atoms with Crippen LogP contribution in [0.5, 0.6) is 5.75 Å². The fourth-order valence-corrected chi connectivity index (χ4v) is 2.12. The van der Waals surface area contributed by atoms with Crippen molar-refractivity contribution < 1.29 is 19.1 Å². The van der Waals surface area contributed by atoms with Crippen molar-refractivity contribution in [1.29, 1.82) is 0 Å². The number of nitrogens with one attached hydrogen (secondary N) is 1. The lowest BCUT2D eigenvalue weighted by Crippen LogP contribution is -2.28. The van der Waals surface area contributed by atoms with Gasteiger partial charge >= 0.3 is 5.97 Å². The van der Waals surface area contributed by atoms with Crippen LogP contribution in [0.25, 0.3) is 10.8 Å². The Bertz CT molecular complexity index is 786. The summed E-state index contributed by atoms with van der Waals surface area (Å²) in [6.45, 7) is 5.22. The Balaban J connectivity index is 1.87. The molecule has 1 atom stereocenters. The lowest BCUT2D eigenvalue weighted by Gasteiger charge is -2.10. The summed E-state index contributed by atoms with van der Waals surface area (Å²) in [5.41, 5.74) is 2.85. The van der Waals surface area contributed by atoms with Crippen molar-refractivity contribution in [3.8, 4) is 5.75 Å². The Labute approximate surface area is 146 Å². The van der Waals surface area contributed by atoms with Gasteiger partial charge in [0.05, 0.1) is 12.5 Å². The van der Waals surface area contributed by atoms with Crippen LogP contribution in [-0.2, 0) is 14.3 Å². The predicted molar refractivity (Wildman–Crippen MR) is 96.5 cm³/mol. The number of amides is 1. The second-order valence-corrected chi connectivity index (χ2v) is 5.56. The van der Waals surface area contributed by atoms with Gasteiger partial charge in [0.2, 0.25) is 0 Å². The Morgan fingerprint density at radius 1 is 1.16 bits per heavy atom. The van der Waals surface area contributed by atoms with Crippen molar-refractivity contribution in [2.45, 2.75) is 20.8 Å². The summed E-state index contributed by atoms with van der Waals surface area (Å²) >= 11 is 0. The summed E-state index contributed by atoms with van der Waals surface area (Å²) in [5, 5.41) is 6.07. The van der Waals surface area contributed by atoms with E-state index in [0.717, 1.165) is 10.8 Å². The largest absolute Gasteiger partial charge is 0.484 e. The van der Waals surface area contributed by atoms with E-state index < -0.39 is 11.8 Å². The Morgan fingerprint density at radius 3 is 2.60 bits per heavy atom. The maximum absolute atomic E-state index is 11.8. The molecule has 0 aliphatic heterocycles. The molecule has 0 saturated carbocycles. The van der Waals surface area contributed by atoms with Gasteiger partial charge < -0.3 is 9.47 Å². The number of hydrogen-bond acceptors (Lipinski definition) is 5. The lowest BCUT2D eigenvalue weighted by atomic mass is 10.1. The fraction of sp³-hybridized carbons (Fsp3) is 0.316. The first-order valence-electron chi connectivity index (χ1n) is 8.12. The summed E-state index contributed by atoms with van der Waals surface area (Å²) in [6.07, 6.45) is 0. The van der Waals surface area contributed by atoms with Crippen molar-refractivity contribution in [3.05, 3.63) is 42.5 Å². The predicted octanol–water partition coefficient (Wildman–Crippen LogP) is 2.91. The van der Waals surface area contributed by atoms with E-state index in [1.54, 1.807) is 20.8 Å². The molecule has 6 nitrogen and oxygen atoms in total. The van der Waals surface area contributed by atoms with Gasteiger partial charge in [-0.05, 0) is 43.7 Å². The molecule has 6 heteroatoms. The van der Waals surface area contributed by atoms with Gasteiger partial charge in [0.1, 0.15) is 5.75 Å². The molecular formula is C19H22N2O4. The summed E-state index contributed by atoms with van der Waals surface area (Å²) in [5.74, 6) is -0.676. The maximum Gasteiger partial charge on any atom is 0.314 e. The highest BCUT2D eigenvalue weighted by Crippen LogP contribution is 2.20. The fourth-order valence-electron chi connectivity index (χ4n) is 2.12. The molecule has 0 radical (unpaired) electrons. The maximum atomic E-state index is 11.8. The number of benzene rings is 2. The average molecular weight is 342 g/mol. The minimum Gasteiger partial charge on any atom is -0.484 e. The van der Waals surface area contributed by atoms with Crippen LogP contribution in [0.1, 0.15) is 20.8 Å². The lowest BCUT2D eigenvalue weighted by molar-refractivity contribution is -0.145. The zero-order chi connectivity index (χ0) is 18.2. The van der Waals surface area contributed by atoms with Crippen LogP contribution in [0.2, 0.25) is 0 Å². The smallest absolute Gasteiger partial charge is 0.314 e. The van der Waals surface area contributed by atoms with Crippen molar-refractivity contribution in [1.82, 2.24) is 5.43 Å². The van der Waals surface area contributed by atoms with E-state index in [9.17, 15) is 9.59 Å². The highest BCUT2D eigenvalue weighted by atomic mass is 16.5. The molecule has 132 valence electrons. The van der Waals surface area contributed by atoms with Crippen LogP contribution in [0, 0.1) is 5.92 Å². The Hall–Kier alpha value is -2.89. The first kappa shape index (κ1) is 18.4. The SMILES string of the molecule is CCOC(=O)[C@H](C)C(C)=NNC(=O)COc1ccc2ccccc2c1. The van der Waals surface area contributed by atoms with Crippen LogP contribution < -0.4 is 10.2 Å². The second-order valence-electron chi connectivity index (χ2n) is 5.56. The second kappa shape index (κ2) is 8.82. The number of rotatable bonds is 7. The molecule has 0 unspecified atom stereocenters. The van der Waals surface area contributed by atoms with Crippen LogP contribution in [0.4, 0.5) is 0 Å². The molecule has 0 heterocycles. The van der Waals surface area contributed by atoms with Crippen LogP contribution in [0.3, 0.4) is 0 Å². The summed E-state index contributed by atoms with van der Waals surface area (Å²) in [4.78, 5) is 23.4. The molecule has 0 bridgehead atoms. The molecule has 25 heavy (non-hydrogen) atoms. The van der Waals surface area contributed by atoms with Gasteiger partial charge in [0, 0.05) is 5.71 Å². The number of hydrazone groups is 1. The summed E-state index contributed by atoms with van der Waals surface area (Å²) < 4.78 is 10.4. The van der Waals surface area contributed by atoms with Crippen LogP contribution >= 0.6 is 0 Å². The number of carbonyl (C=O) groups excluding carboxylic acids is 2. The molecule has 0 aromatic heterocycles. The average Bonchev–Trinajstić information content (AvgIpc) is 2.63. The molecule has 1 amide bonds. The summed E-state index contributed by atoms with van der Waals surface area (Å²) in [6, 6.07) is 13.5. The number of hydrogen-bond donors (Lipinski definition) is 1. The van der Waals surface area contributed by atoms with Crippen molar-refractivity contribution >= 4 is 28.4 Å². The van der Waals surface area contributed by atoms with E-state index in [1.807, 2.05) is 42.5 Å². The Morgan fingerprint density at radius 2 is 1.88 bits per heavy atom. The minimum atomic E-state index is -0.512. The zero-order valence-corrected chi connectivity index (χ0v) is 14.6. The molecule has 0 aliphatic rings. The van der Waals surface area contributed by atoms with Gasteiger partial charge in [-0.1, -0.05) is 30.3 Å². The Kier molecular flexibility index (Phi) is 6.51. The molecular weight excluding hydrogens is 320 g/mol. The number of nitrogens with zero attached hydrogens (tertiary/aromatic N) is 1. The third kappa shape index (κ3) is 5.31. The monoisotopic (exact) mass is 342 g/mol. The summed E-state index contributed by atoms with van der Waals surface area (Å²) in [7, 11) is 0. The van der Waals surface area contributed by atoms with E-state index >= 15 is 0 Å². The molecule has 2 aromatic carbocycles. The first-order chi connectivity index (χ1) is 12.0. The highest BCUT2D eigenvalue weighted by Gasteiger charge is 2.17. The molecule has 2 aromatic rings. The third-order valence-corrected chi connectivity index (χ3v) is 3.71. The van der Waals surface area contributed by atoms with Crippen molar-refractivity contribution in [2.75, 3.05) is 13.2 Å². The van der Waals surface area contributed by atoms with Gasteiger partial charge in [-0.2, -0.15) is 5.10 Å². The normalized spacial score (nSPS) is 12.5.